The molecule has 2 aromatic carbocycles. The monoisotopic (exact) mass is 347 g/mol. The van der Waals surface area contributed by atoms with Crippen molar-refractivity contribution >= 4 is 29.8 Å². The van der Waals surface area contributed by atoms with Crippen molar-refractivity contribution in [2.45, 2.75) is 19.9 Å². The lowest BCUT2D eigenvalue weighted by molar-refractivity contribution is 0.262. The van der Waals surface area contributed by atoms with E-state index in [0.717, 1.165) is 25.2 Å². The smallest absolute Gasteiger partial charge is 0.323 e. The molecule has 0 unspecified atom stereocenters. The van der Waals surface area contributed by atoms with Crippen molar-refractivity contribution in [3.63, 3.8) is 0 Å². The first-order chi connectivity index (χ1) is 11.3. The molecule has 2 amide bonds. The molecular formula is C18H22ClN3O2. The Morgan fingerprint density at radius 3 is 2.83 bits per heavy atom. The van der Waals surface area contributed by atoms with Crippen LogP contribution in [-0.2, 0) is 13.0 Å². The highest BCUT2D eigenvalue weighted by atomic mass is 35.5. The fraction of sp³-hybridized carbons (Fsp3) is 0.278. The van der Waals surface area contributed by atoms with Crippen molar-refractivity contribution in [3.05, 3.63) is 53.6 Å². The molecule has 0 saturated heterocycles. The van der Waals surface area contributed by atoms with Gasteiger partial charge in [0.1, 0.15) is 5.75 Å². The van der Waals surface area contributed by atoms with Crippen molar-refractivity contribution in [1.82, 2.24) is 5.32 Å². The third-order valence-corrected chi connectivity index (χ3v) is 3.79. The number of hydrogen-bond acceptors (Lipinski definition) is 3. The number of anilines is 2. The molecule has 0 spiro atoms. The summed E-state index contributed by atoms with van der Waals surface area (Å²) in [5.41, 5.74) is 4.05. The van der Waals surface area contributed by atoms with Gasteiger partial charge in [-0.05, 0) is 55.3 Å². The summed E-state index contributed by atoms with van der Waals surface area (Å²) >= 11 is 0. The van der Waals surface area contributed by atoms with Crippen molar-refractivity contribution in [2.24, 2.45) is 0 Å². The van der Waals surface area contributed by atoms with Crippen LogP contribution in [0.5, 0.6) is 5.75 Å². The van der Waals surface area contributed by atoms with Crippen molar-refractivity contribution in [2.75, 3.05) is 23.8 Å². The maximum absolute atomic E-state index is 12.2. The van der Waals surface area contributed by atoms with E-state index in [4.69, 9.17) is 4.74 Å². The average molecular weight is 348 g/mol. The number of rotatable bonds is 4. The van der Waals surface area contributed by atoms with Crippen LogP contribution in [0.2, 0.25) is 0 Å². The van der Waals surface area contributed by atoms with E-state index in [-0.39, 0.29) is 18.4 Å². The molecule has 1 aliphatic rings. The summed E-state index contributed by atoms with van der Waals surface area (Å²) in [6.45, 7) is 4.34. The minimum atomic E-state index is -0.272. The molecule has 2 aromatic rings. The zero-order chi connectivity index (χ0) is 16.1. The van der Waals surface area contributed by atoms with Crippen molar-refractivity contribution in [1.29, 1.82) is 0 Å². The highest BCUT2D eigenvalue weighted by Crippen LogP contribution is 2.24. The number of urea groups is 1. The first kappa shape index (κ1) is 18.1. The standard InChI is InChI=1S/C18H21N3O2.ClH/c1-2-23-17-6-4-3-5-16(17)21-18(22)20-15-8-7-14-12-19-10-9-13(14)11-15;/h3-8,11,19H,2,9-10,12H2,1H3,(H2,20,21,22);1H. The Morgan fingerprint density at radius 1 is 1.17 bits per heavy atom. The number of benzene rings is 2. The molecule has 1 aliphatic heterocycles. The van der Waals surface area contributed by atoms with Crippen LogP contribution in [0.15, 0.2) is 42.5 Å². The number of hydrogen-bond donors (Lipinski definition) is 3. The Balaban J connectivity index is 0.00000208. The fourth-order valence-corrected chi connectivity index (χ4v) is 2.69. The van der Waals surface area contributed by atoms with Crippen LogP contribution in [0.4, 0.5) is 16.2 Å². The van der Waals surface area contributed by atoms with Crippen LogP contribution in [0.1, 0.15) is 18.1 Å². The van der Waals surface area contributed by atoms with Gasteiger partial charge in [-0.25, -0.2) is 4.79 Å². The van der Waals surface area contributed by atoms with Crippen LogP contribution in [0, 0.1) is 0 Å². The molecule has 128 valence electrons. The van der Waals surface area contributed by atoms with Gasteiger partial charge < -0.3 is 20.7 Å². The van der Waals surface area contributed by atoms with Crippen LogP contribution < -0.4 is 20.7 Å². The largest absolute Gasteiger partial charge is 0.492 e. The highest BCUT2D eigenvalue weighted by molar-refractivity contribution is 6.00. The van der Waals surface area contributed by atoms with E-state index in [1.165, 1.54) is 11.1 Å². The lowest BCUT2D eigenvalue weighted by Gasteiger charge is -2.18. The van der Waals surface area contributed by atoms with E-state index in [2.05, 4.69) is 22.0 Å². The quantitative estimate of drug-likeness (QED) is 0.788. The Labute approximate surface area is 148 Å². The summed E-state index contributed by atoms with van der Waals surface area (Å²) in [6, 6.07) is 13.2. The van der Waals surface area contributed by atoms with Crippen LogP contribution in [0.3, 0.4) is 0 Å². The number of amides is 2. The molecule has 3 rings (SSSR count). The normalized spacial score (nSPS) is 12.5. The minimum Gasteiger partial charge on any atom is -0.492 e. The van der Waals surface area contributed by atoms with Gasteiger partial charge in [0, 0.05) is 12.2 Å². The summed E-state index contributed by atoms with van der Waals surface area (Å²) in [7, 11) is 0. The maximum Gasteiger partial charge on any atom is 0.323 e. The van der Waals surface area contributed by atoms with Gasteiger partial charge in [-0.3, -0.25) is 0 Å². The first-order valence-electron chi connectivity index (χ1n) is 7.88. The summed E-state index contributed by atoms with van der Waals surface area (Å²) in [4.78, 5) is 12.2. The van der Waals surface area contributed by atoms with Gasteiger partial charge in [-0.1, -0.05) is 18.2 Å². The second kappa shape index (κ2) is 8.57. The van der Waals surface area contributed by atoms with Gasteiger partial charge in [-0.2, -0.15) is 0 Å². The zero-order valence-electron chi connectivity index (χ0n) is 13.6. The Bertz CT molecular complexity index is 706. The molecule has 0 aromatic heterocycles. The molecule has 5 nitrogen and oxygen atoms in total. The third-order valence-electron chi connectivity index (χ3n) is 3.79. The van der Waals surface area contributed by atoms with E-state index >= 15 is 0 Å². The Hall–Kier alpha value is -2.24. The second-order valence-electron chi connectivity index (χ2n) is 5.42. The molecule has 1 heterocycles. The van der Waals surface area contributed by atoms with Crippen molar-refractivity contribution in [3.8, 4) is 5.75 Å². The number of carbonyl (C=O) groups is 1. The van der Waals surface area contributed by atoms with E-state index in [1.807, 2.05) is 43.3 Å². The predicted molar refractivity (Wildman–Crippen MR) is 99.4 cm³/mol. The minimum absolute atomic E-state index is 0. The summed E-state index contributed by atoms with van der Waals surface area (Å²) < 4.78 is 5.51. The number of para-hydroxylation sites is 2. The molecule has 0 atom stereocenters. The molecule has 0 radical (unpaired) electrons. The van der Waals surface area contributed by atoms with E-state index < -0.39 is 0 Å². The summed E-state index contributed by atoms with van der Waals surface area (Å²) in [5.74, 6) is 0.668. The van der Waals surface area contributed by atoms with E-state index in [9.17, 15) is 4.79 Å². The molecule has 3 N–H and O–H groups in total. The van der Waals surface area contributed by atoms with Gasteiger partial charge in [-0.15, -0.1) is 12.4 Å². The van der Waals surface area contributed by atoms with Crippen LogP contribution >= 0.6 is 12.4 Å². The molecule has 0 fully saturated rings. The number of carbonyl (C=O) groups excluding carboxylic acids is 1. The number of fused-ring (bicyclic) bond motifs is 1. The van der Waals surface area contributed by atoms with Gasteiger partial charge in [0.05, 0.1) is 12.3 Å². The zero-order valence-corrected chi connectivity index (χ0v) is 14.4. The van der Waals surface area contributed by atoms with Crippen LogP contribution in [0.25, 0.3) is 0 Å². The molecule has 6 heteroatoms. The van der Waals surface area contributed by atoms with Gasteiger partial charge in [0.2, 0.25) is 0 Å². The third kappa shape index (κ3) is 4.40. The SMILES string of the molecule is CCOc1ccccc1NC(=O)Nc1ccc2c(c1)CCNC2.Cl. The first-order valence-corrected chi connectivity index (χ1v) is 7.88. The van der Waals surface area contributed by atoms with E-state index in [0.29, 0.717) is 18.0 Å². The molecular weight excluding hydrogens is 326 g/mol. The summed E-state index contributed by atoms with van der Waals surface area (Å²) in [6.07, 6.45) is 0.986. The summed E-state index contributed by atoms with van der Waals surface area (Å²) in [5, 5.41) is 9.06. The van der Waals surface area contributed by atoms with Crippen molar-refractivity contribution < 1.29 is 9.53 Å². The number of halogens is 1. The second-order valence-corrected chi connectivity index (χ2v) is 5.42. The lowest BCUT2D eigenvalue weighted by atomic mass is 10.0. The van der Waals surface area contributed by atoms with Crippen LogP contribution in [-0.4, -0.2) is 19.2 Å². The maximum atomic E-state index is 12.2. The van der Waals surface area contributed by atoms with E-state index in [1.54, 1.807) is 0 Å². The molecule has 0 bridgehead atoms. The van der Waals surface area contributed by atoms with Gasteiger partial charge in [0.15, 0.2) is 0 Å². The van der Waals surface area contributed by atoms with Gasteiger partial charge >= 0.3 is 6.03 Å². The van der Waals surface area contributed by atoms with Gasteiger partial charge in [0.25, 0.3) is 0 Å². The fourth-order valence-electron chi connectivity index (χ4n) is 2.69. The number of ether oxygens (including phenoxy) is 1. The highest BCUT2D eigenvalue weighted by Gasteiger charge is 2.11. The molecule has 0 saturated carbocycles. The Morgan fingerprint density at radius 2 is 2.00 bits per heavy atom. The topological polar surface area (TPSA) is 62.4 Å². The molecule has 24 heavy (non-hydrogen) atoms. The Kier molecular flexibility index (Phi) is 6.46. The molecule has 0 aliphatic carbocycles. The predicted octanol–water partition coefficient (Wildman–Crippen LogP) is 3.80. The number of nitrogens with one attached hydrogen (secondary N) is 3. The lowest BCUT2D eigenvalue weighted by Crippen LogP contribution is -2.24. The average Bonchev–Trinajstić information content (AvgIpc) is 2.57.